The molecule has 0 unspecified atom stereocenters. The minimum Gasteiger partial charge on any atom is -0.384 e. The Morgan fingerprint density at radius 1 is 0.962 bits per heavy atom. The fourth-order valence-corrected chi connectivity index (χ4v) is 3.04. The van der Waals surface area contributed by atoms with Gasteiger partial charge in [0.15, 0.2) is 0 Å². The molecule has 0 fully saturated rings. The van der Waals surface area contributed by atoms with Crippen LogP contribution in [0.1, 0.15) is 37.0 Å². The van der Waals surface area contributed by atoms with Crippen LogP contribution in [0.5, 0.6) is 0 Å². The second-order valence-corrected chi connectivity index (χ2v) is 6.64. The number of nitrogens with zero attached hydrogens (tertiary/aromatic N) is 1. The number of hydrogen-bond donors (Lipinski definition) is 2. The van der Waals surface area contributed by atoms with Crippen molar-refractivity contribution in [3.63, 3.8) is 0 Å². The molecular weight excluding hydrogens is 322 g/mol. The van der Waals surface area contributed by atoms with Crippen molar-refractivity contribution in [2.45, 2.75) is 41.0 Å². The molecule has 0 saturated carbocycles. The van der Waals surface area contributed by atoms with Gasteiger partial charge >= 0.3 is 0 Å². The van der Waals surface area contributed by atoms with Gasteiger partial charge in [0.2, 0.25) is 5.91 Å². The SMILES string of the molecule is CCN(CC)c1ccc(NC(=O)CCNc2cccc(C)c2C)c(C)c1. The number of aryl methyl sites for hydroxylation is 2. The van der Waals surface area contributed by atoms with E-state index in [1.807, 2.05) is 19.1 Å². The van der Waals surface area contributed by atoms with Crippen LogP contribution < -0.4 is 15.5 Å². The molecule has 26 heavy (non-hydrogen) atoms. The first-order valence-electron chi connectivity index (χ1n) is 9.41. The molecule has 2 aromatic carbocycles. The molecule has 0 aliphatic heterocycles. The molecule has 140 valence electrons. The second kappa shape index (κ2) is 9.27. The molecular formula is C22H31N3O. The highest BCUT2D eigenvalue weighted by atomic mass is 16.1. The van der Waals surface area contributed by atoms with E-state index in [1.54, 1.807) is 0 Å². The zero-order valence-corrected chi connectivity index (χ0v) is 16.6. The van der Waals surface area contributed by atoms with Crippen LogP contribution in [0.4, 0.5) is 17.1 Å². The molecule has 0 atom stereocenters. The topological polar surface area (TPSA) is 44.4 Å². The van der Waals surface area contributed by atoms with E-state index in [0.717, 1.165) is 30.0 Å². The lowest BCUT2D eigenvalue weighted by Crippen LogP contribution is -2.22. The lowest BCUT2D eigenvalue weighted by Gasteiger charge is -2.22. The van der Waals surface area contributed by atoms with Gasteiger partial charge in [-0.05, 0) is 75.6 Å². The molecule has 0 radical (unpaired) electrons. The molecule has 0 saturated heterocycles. The van der Waals surface area contributed by atoms with Crippen LogP contribution in [-0.2, 0) is 4.79 Å². The first-order valence-corrected chi connectivity index (χ1v) is 9.41. The Balaban J connectivity index is 1.90. The normalized spacial score (nSPS) is 10.5. The Bertz CT molecular complexity index is 751. The second-order valence-electron chi connectivity index (χ2n) is 6.64. The lowest BCUT2D eigenvalue weighted by atomic mass is 10.1. The van der Waals surface area contributed by atoms with Crippen molar-refractivity contribution in [1.82, 2.24) is 0 Å². The number of benzene rings is 2. The molecule has 0 aliphatic carbocycles. The highest BCUT2D eigenvalue weighted by Crippen LogP contribution is 2.23. The third-order valence-electron chi connectivity index (χ3n) is 4.88. The molecule has 0 spiro atoms. The summed E-state index contributed by atoms with van der Waals surface area (Å²) in [6.07, 6.45) is 0.435. The molecule has 0 heterocycles. The van der Waals surface area contributed by atoms with Gasteiger partial charge in [0.05, 0.1) is 0 Å². The first-order chi connectivity index (χ1) is 12.5. The number of hydrogen-bond acceptors (Lipinski definition) is 3. The fourth-order valence-electron chi connectivity index (χ4n) is 3.04. The van der Waals surface area contributed by atoms with Crippen molar-refractivity contribution in [3.8, 4) is 0 Å². The number of amides is 1. The van der Waals surface area contributed by atoms with Crippen molar-refractivity contribution >= 4 is 23.0 Å². The van der Waals surface area contributed by atoms with E-state index in [2.05, 4.69) is 67.5 Å². The van der Waals surface area contributed by atoms with E-state index in [1.165, 1.54) is 16.8 Å². The summed E-state index contributed by atoms with van der Waals surface area (Å²) in [5, 5.41) is 6.38. The van der Waals surface area contributed by atoms with Crippen LogP contribution in [0.25, 0.3) is 0 Å². The maximum Gasteiger partial charge on any atom is 0.226 e. The largest absolute Gasteiger partial charge is 0.384 e. The van der Waals surface area contributed by atoms with Crippen molar-refractivity contribution in [2.24, 2.45) is 0 Å². The molecule has 0 bridgehead atoms. The maximum atomic E-state index is 12.3. The van der Waals surface area contributed by atoms with Crippen LogP contribution in [-0.4, -0.2) is 25.5 Å². The number of carbonyl (C=O) groups excluding carboxylic acids is 1. The van der Waals surface area contributed by atoms with Gasteiger partial charge in [-0.1, -0.05) is 12.1 Å². The Labute approximate surface area is 157 Å². The predicted molar refractivity (Wildman–Crippen MR) is 112 cm³/mol. The molecule has 2 aromatic rings. The molecule has 2 N–H and O–H groups in total. The first kappa shape index (κ1) is 19.8. The summed E-state index contributed by atoms with van der Waals surface area (Å²) in [5.41, 5.74) is 6.75. The third kappa shape index (κ3) is 5.01. The maximum absolute atomic E-state index is 12.3. The number of carbonyl (C=O) groups is 1. The number of rotatable bonds is 8. The Kier molecular flexibility index (Phi) is 7.07. The van der Waals surface area contributed by atoms with Crippen molar-refractivity contribution in [1.29, 1.82) is 0 Å². The van der Waals surface area contributed by atoms with Gasteiger partial charge in [0, 0.05) is 43.1 Å². The molecule has 2 rings (SSSR count). The van der Waals surface area contributed by atoms with E-state index >= 15 is 0 Å². The minimum atomic E-state index is 0.0292. The van der Waals surface area contributed by atoms with Gasteiger partial charge in [-0.25, -0.2) is 0 Å². The average molecular weight is 354 g/mol. The van der Waals surface area contributed by atoms with Crippen LogP contribution in [0, 0.1) is 20.8 Å². The van der Waals surface area contributed by atoms with E-state index < -0.39 is 0 Å². The highest BCUT2D eigenvalue weighted by Gasteiger charge is 2.08. The third-order valence-corrected chi connectivity index (χ3v) is 4.88. The average Bonchev–Trinajstić information content (AvgIpc) is 2.62. The van der Waals surface area contributed by atoms with E-state index in [9.17, 15) is 4.79 Å². The summed E-state index contributed by atoms with van der Waals surface area (Å²) in [6, 6.07) is 12.4. The molecule has 0 aromatic heterocycles. The summed E-state index contributed by atoms with van der Waals surface area (Å²) in [5.74, 6) is 0.0292. The highest BCUT2D eigenvalue weighted by molar-refractivity contribution is 5.92. The van der Waals surface area contributed by atoms with Gasteiger partial charge in [-0.15, -0.1) is 0 Å². The zero-order chi connectivity index (χ0) is 19.1. The summed E-state index contributed by atoms with van der Waals surface area (Å²) in [4.78, 5) is 14.6. The monoisotopic (exact) mass is 353 g/mol. The molecule has 1 amide bonds. The van der Waals surface area contributed by atoms with E-state index in [0.29, 0.717) is 13.0 Å². The van der Waals surface area contributed by atoms with Gasteiger partial charge in [0.1, 0.15) is 0 Å². The Hall–Kier alpha value is -2.49. The van der Waals surface area contributed by atoms with Gasteiger partial charge in [-0.3, -0.25) is 4.79 Å². The summed E-state index contributed by atoms with van der Waals surface area (Å²) < 4.78 is 0. The Morgan fingerprint density at radius 2 is 1.69 bits per heavy atom. The Morgan fingerprint density at radius 3 is 2.35 bits per heavy atom. The standard InChI is InChI=1S/C22H31N3O/c1-6-25(7-2)19-11-12-20(17(4)15-19)24-22(26)13-14-23-21-10-8-9-16(3)18(21)5/h8-12,15,23H,6-7,13-14H2,1-5H3,(H,24,26). The van der Waals surface area contributed by atoms with Crippen molar-refractivity contribution in [3.05, 3.63) is 53.1 Å². The molecule has 4 nitrogen and oxygen atoms in total. The molecule has 0 aliphatic rings. The number of anilines is 3. The smallest absolute Gasteiger partial charge is 0.226 e. The lowest BCUT2D eigenvalue weighted by molar-refractivity contribution is -0.115. The minimum absolute atomic E-state index is 0.0292. The summed E-state index contributed by atoms with van der Waals surface area (Å²) in [6.45, 7) is 13.1. The van der Waals surface area contributed by atoms with Crippen molar-refractivity contribution in [2.75, 3.05) is 35.2 Å². The predicted octanol–water partition coefficient (Wildman–Crippen LogP) is 4.90. The van der Waals surface area contributed by atoms with Crippen LogP contribution in [0.3, 0.4) is 0 Å². The van der Waals surface area contributed by atoms with E-state index in [-0.39, 0.29) is 5.91 Å². The molecule has 4 heteroatoms. The van der Waals surface area contributed by atoms with Gasteiger partial charge in [-0.2, -0.15) is 0 Å². The summed E-state index contributed by atoms with van der Waals surface area (Å²) >= 11 is 0. The summed E-state index contributed by atoms with van der Waals surface area (Å²) in [7, 11) is 0. The van der Waals surface area contributed by atoms with E-state index in [4.69, 9.17) is 0 Å². The van der Waals surface area contributed by atoms with Crippen molar-refractivity contribution < 1.29 is 4.79 Å². The van der Waals surface area contributed by atoms with Gasteiger partial charge in [0.25, 0.3) is 0 Å². The van der Waals surface area contributed by atoms with Crippen LogP contribution >= 0.6 is 0 Å². The fraction of sp³-hybridized carbons (Fsp3) is 0.409. The zero-order valence-electron chi connectivity index (χ0n) is 16.6. The number of nitrogens with one attached hydrogen (secondary N) is 2. The van der Waals surface area contributed by atoms with Crippen LogP contribution in [0.15, 0.2) is 36.4 Å². The quantitative estimate of drug-likeness (QED) is 0.709. The van der Waals surface area contributed by atoms with Crippen LogP contribution in [0.2, 0.25) is 0 Å². The van der Waals surface area contributed by atoms with Gasteiger partial charge < -0.3 is 15.5 Å².